The number of halogens is 3. The van der Waals surface area contributed by atoms with Crippen LogP contribution in [0.2, 0.25) is 0 Å². The summed E-state index contributed by atoms with van der Waals surface area (Å²) in [7, 11) is 0. The average Bonchev–Trinajstić information content (AvgIpc) is 2.91. The van der Waals surface area contributed by atoms with Gasteiger partial charge in [0.15, 0.2) is 0 Å². The monoisotopic (exact) mass is 300 g/mol. The van der Waals surface area contributed by atoms with Crippen LogP contribution < -0.4 is 10.1 Å². The van der Waals surface area contributed by atoms with Gasteiger partial charge in [-0.05, 0) is 31.2 Å². The van der Waals surface area contributed by atoms with Gasteiger partial charge in [0.25, 0.3) is 5.91 Å². The minimum atomic E-state index is -4.76. The fraction of sp³-hybridized carbons (Fsp3) is 0.250. The number of hydrogen-bond acceptors (Lipinski definition) is 4. The van der Waals surface area contributed by atoms with Crippen molar-refractivity contribution in [3.05, 3.63) is 42.0 Å². The molecule has 0 fully saturated rings. The predicted molar refractivity (Wildman–Crippen MR) is 65.4 cm³/mol. The Balaban J connectivity index is 2.00. The topological polar surface area (TPSA) is 79.9 Å². The number of nitrogens with zero attached hydrogens (tertiary/aromatic N) is 2. The first-order valence-electron chi connectivity index (χ1n) is 5.87. The van der Waals surface area contributed by atoms with E-state index in [1.54, 1.807) is 6.92 Å². The standard InChI is InChI=1S/C12H11F3N4O2/c1-7(10-16-6-17-19-10)18-11(20)8-2-4-9(5-3-8)21-12(13,14)15/h2-7H,1H3,(H,18,20)(H,16,17,19). The zero-order chi connectivity index (χ0) is 15.5. The SMILES string of the molecule is CC(NC(=O)c1ccc(OC(F)(F)F)cc1)c1ncn[nH]1. The van der Waals surface area contributed by atoms with Crippen molar-refractivity contribution in [3.63, 3.8) is 0 Å². The van der Waals surface area contributed by atoms with Crippen LogP contribution in [-0.4, -0.2) is 27.5 Å². The van der Waals surface area contributed by atoms with Crippen LogP contribution in [0.5, 0.6) is 5.75 Å². The van der Waals surface area contributed by atoms with E-state index in [4.69, 9.17) is 0 Å². The van der Waals surface area contributed by atoms with Gasteiger partial charge in [-0.3, -0.25) is 9.89 Å². The lowest BCUT2D eigenvalue weighted by molar-refractivity contribution is -0.274. The van der Waals surface area contributed by atoms with Gasteiger partial charge < -0.3 is 10.1 Å². The molecule has 0 aliphatic rings. The molecule has 2 rings (SSSR count). The van der Waals surface area contributed by atoms with Gasteiger partial charge in [-0.25, -0.2) is 4.98 Å². The molecule has 0 saturated heterocycles. The summed E-state index contributed by atoms with van der Waals surface area (Å²) in [6, 6.07) is 4.21. The summed E-state index contributed by atoms with van der Waals surface area (Å²) >= 11 is 0. The van der Waals surface area contributed by atoms with Crippen LogP contribution >= 0.6 is 0 Å². The van der Waals surface area contributed by atoms with E-state index in [0.717, 1.165) is 12.1 Å². The number of carbonyl (C=O) groups is 1. The van der Waals surface area contributed by atoms with Gasteiger partial charge in [0.1, 0.15) is 17.9 Å². The molecule has 0 aliphatic carbocycles. The van der Waals surface area contributed by atoms with Crippen LogP contribution in [0, 0.1) is 0 Å². The molecule has 6 nitrogen and oxygen atoms in total. The number of nitrogens with one attached hydrogen (secondary N) is 2. The summed E-state index contributed by atoms with van der Waals surface area (Å²) < 4.78 is 39.8. The Morgan fingerprint density at radius 1 is 1.33 bits per heavy atom. The second-order valence-corrected chi connectivity index (χ2v) is 4.14. The number of alkyl halides is 3. The molecule has 0 bridgehead atoms. The van der Waals surface area contributed by atoms with Crippen molar-refractivity contribution >= 4 is 5.91 Å². The Bertz CT molecular complexity index is 596. The lowest BCUT2D eigenvalue weighted by Crippen LogP contribution is -2.27. The molecule has 1 amide bonds. The van der Waals surface area contributed by atoms with E-state index >= 15 is 0 Å². The van der Waals surface area contributed by atoms with Crippen LogP contribution in [0.1, 0.15) is 29.1 Å². The summed E-state index contributed by atoms with van der Waals surface area (Å²) in [6.45, 7) is 1.69. The van der Waals surface area contributed by atoms with Gasteiger partial charge in [0.2, 0.25) is 0 Å². The lowest BCUT2D eigenvalue weighted by Gasteiger charge is -2.12. The Kier molecular flexibility index (Phi) is 4.10. The molecule has 1 atom stereocenters. The van der Waals surface area contributed by atoms with Crippen molar-refractivity contribution in [2.75, 3.05) is 0 Å². The molecule has 0 saturated carbocycles. The van der Waals surface area contributed by atoms with Gasteiger partial charge >= 0.3 is 6.36 Å². The Morgan fingerprint density at radius 2 is 2.00 bits per heavy atom. The maximum absolute atomic E-state index is 12.0. The van der Waals surface area contributed by atoms with Gasteiger partial charge in [-0.1, -0.05) is 0 Å². The molecular weight excluding hydrogens is 289 g/mol. The van der Waals surface area contributed by atoms with E-state index in [9.17, 15) is 18.0 Å². The number of aromatic amines is 1. The Morgan fingerprint density at radius 3 is 2.52 bits per heavy atom. The molecule has 1 aromatic heterocycles. The van der Waals surface area contributed by atoms with Crippen molar-refractivity contribution in [1.82, 2.24) is 20.5 Å². The summed E-state index contributed by atoms with van der Waals surface area (Å²) in [5.74, 6) is -0.361. The van der Waals surface area contributed by atoms with Crippen molar-refractivity contribution < 1.29 is 22.7 Å². The van der Waals surface area contributed by atoms with Crippen molar-refractivity contribution in [2.24, 2.45) is 0 Å². The largest absolute Gasteiger partial charge is 0.573 e. The number of rotatable bonds is 4. The second kappa shape index (κ2) is 5.81. The fourth-order valence-corrected chi connectivity index (χ4v) is 1.58. The summed E-state index contributed by atoms with van der Waals surface area (Å²) in [5, 5.41) is 8.90. The summed E-state index contributed by atoms with van der Waals surface area (Å²) in [6.07, 6.45) is -3.45. The summed E-state index contributed by atoms with van der Waals surface area (Å²) in [5.41, 5.74) is 0.205. The number of aromatic nitrogens is 3. The molecule has 0 radical (unpaired) electrons. The highest BCUT2D eigenvalue weighted by atomic mass is 19.4. The molecule has 1 unspecified atom stereocenters. The highest BCUT2D eigenvalue weighted by molar-refractivity contribution is 5.94. The van der Waals surface area contributed by atoms with E-state index in [-0.39, 0.29) is 11.3 Å². The molecule has 1 aromatic carbocycles. The maximum Gasteiger partial charge on any atom is 0.573 e. The number of amides is 1. The minimum absolute atomic E-state index is 0.205. The van der Waals surface area contributed by atoms with E-state index in [0.29, 0.717) is 5.82 Å². The van der Waals surface area contributed by atoms with Crippen LogP contribution in [-0.2, 0) is 0 Å². The number of carbonyl (C=O) groups excluding carboxylic acids is 1. The van der Waals surface area contributed by atoms with Crippen molar-refractivity contribution in [2.45, 2.75) is 19.3 Å². The average molecular weight is 300 g/mol. The highest BCUT2D eigenvalue weighted by Gasteiger charge is 2.31. The smallest absolute Gasteiger partial charge is 0.406 e. The molecule has 2 N–H and O–H groups in total. The third-order valence-electron chi connectivity index (χ3n) is 2.54. The lowest BCUT2D eigenvalue weighted by atomic mass is 10.2. The maximum atomic E-state index is 12.0. The van der Waals surface area contributed by atoms with Crippen LogP contribution in [0.3, 0.4) is 0 Å². The van der Waals surface area contributed by atoms with E-state index in [1.165, 1.54) is 18.5 Å². The third kappa shape index (κ3) is 4.20. The Labute approximate surface area is 117 Å². The molecule has 0 aliphatic heterocycles. The number of ether oxygens (including phenoxy) is 1. The highest BCUT2D eigenvalue weighted by Crippen LogP contribution is 2.22. The second-order valence-electron chi connectivity index (χ2n) is 4.14. The van der Waals surface area contributed by atoms with Crippen LogP contribution in [0.25, 0.3) is 0 Å². The number of H-pyrrole nitrogens is 1. The van der Waals surface area contributed by atoms with Crippen molar-refractivity contribution in [1.29, 1.82) is 0 Å². The Hall–Kier alpha value is -2.58. The fourth-order valence-electron chi connectivity index (χ4n) is 1.58. The van der Waals surface area contributed by atoms with Crippen molar-refractivity contribution in [3.8, 4) is 5.75 Å². The molecule has 21 heavy (non-hydrogen) atoms. The van der Waals surface area contributed by atoms with E-state index in [1.807, 2.05) is 0 Å². The molecular formula is C12H11F3N4O2. The molecule has 112 valence electrons. The number of hydrogen-bond donors (Lipinski definition) is 2. The predicted octanol–water partition coefficient (Wildman–Crippen LogP) is 2.19. The zero-order valence-electron chi connectivity index (χ0n) is 10.8. The van der Waals surface area contributed by atoms with Crippen LogP contribution in [0.4, 0.5) is 13.2 Å². The normalized spacial score (nSPS) is 12.8. The van der Waals surface area contributed by atoms with Crippen LogP contribution in [0.15, 0.2) is 30.6 Å². The molecule has 2 aromatic rings. The molecule has 0 spiro atoms. The summed E-state index contributed by atoms with van der Waals surface area (Å²) in [4.78, 5) is 15.8. The molecule has 1 heterocycles. The van der Waals surface area contributed by atoms with Gasteiger partial charge in [0, 0.05) is 5.56 Å². The van der Waals surface area contributed by atoms with E-state index in [2.05, 4.69) is 25.2 Å². The third-order valence-corrected chi connectivity index (χ3v) is 2.54. The molecule has 9 heteroatoms. The van der Waals surface area contributed by atoms with Gasteiger partial charge in [-0.2, -0.15) is 5.10 Å². The van der Waals surface area contributed by atoms with E-state index < -0.39 is 18.3 Å². The first-order valence-corrected chi connectivity index (χ1v) is 5.87. The minimum Gasteiger partial charge on any atom is -0.406 e. The number of benzene rings is 1. The van der Waals surface area contributed by atoms with Gasteiger partial charge in [-0.15, -0.1) is 13.2 Å². The van der Waals surface area contributed by atoms with Gasteiger partial charge in [0.05, 0.1) is 6.04 Å². The first kappa shape index (κ1) is 14.8. The quantitative estimate of drug-likeness (QED) is 0.907. The first-order chi connectivity index (χ1) is 9.85. The zero-order valence-corrected chi connectivity index (χ0v) is 10.8.